The molecule has 0 spiro atoms. The van der Waals surface area contributed by atoms with Crippen molar-refractivity contribution in [3.05, 3.63) is 63.1 Å². The molecule has 1 aromatic heterocycles. The van der Waals surface area contributed by atoms with E-state index in [4.69, 9.17) is 10.4 Å². The number of aromatic carboxylic acids is 1. The molecule has 0 aliphatic heterocycles. The second kappa shape index (κ2) is 6.79. The lowest BCUT2D eigenvalue weighted by molar-refractivity contribution is -0.116. The number of nitrogens with one attached hydrogen (secondary N) is 1. The number of aromatic nitrogens is 1. The van der Waals surface area contributed by atoms with Crippen molar-refractivity contribution in [2.24, 2.45) is 0 Å². The van der Waals surface area contributed by atoms with Crippen molar-refractivity contribution >= 4 is 17.6 Å². The fraction of sp³-hybridized carbons (Fsp3) is 0.176. The minimum Gasteiger partial charge on any atom is -0.478 e. The third-order valence-electron chi connectivity index (χ3n) is 3.51. The summed E-state index contributed by atoms with van der Waals surface area (Å²) in [6.07, 6.45) is 0. The number of carboxylic acids is 1. The molecule has 0 bridgehead atoms. The number of carbonyl (C=O) groups is 2. The zero-order chi connectivity index (χ0) is 17.9. The molecular formula is C17H15N3O4. The first-order valence-corrected chi connectivity index (χ1v) is 7.08. The number of amides is 1. The van der Waals surface area contributed by atoms with E-state index in [1.807, 2.05) is 6.07 Å². The van der Waals surface area contributed by atoms with Crippen LogP contribution in [0.15, 0.2) is 35.1 Å². The highest BCUT2D eigenvalue weighted by Crippen LogP contribution is 2.11. The molecular weight excluding hydrogens is 310 g/mol. The highest BCUT2D eigenvalue weighted by atomic mass is 16.4. The second-order valence-electron chi connectivity index (χ2n) is 5.28. The van der Waals surface area contributed by atoms with Gasteiger partial charge in [0.15, 0.2) is 0 Å². The van der Waals surface area contributed by atoms with Gasteiger partial charge in [0.1, 0.15) is 18.2 Å². The molecule has 0 atom stereocenters. The molecule has 1 aromatic carbocycles. The Morgan fingerprint density at radius 2 is 2.00 bits per heavy atom. The number of carbonyl (C=O) groups excluding carboxylic acids is 1. The van der Waals surface area contributed by atoms with Gasteiger partial charge in [0.2, 0.25) is 5.91 Å². The van der Waals surface area contributed by atoms with Crippen LogP contribution < -0.4 is 10.9 Å². The van der Waals surface area contributed by atoms with Gasteiger partial charge in [-0.05, 0) is 43.7 Å². The maximum atomic E-state index is 12.3. The molecule has 0 aliphatic rings. The van der Waals surface area contributed by atoms with E-state index in [1.54, 1.807) is 26.0 Å². The largest absolute Gasteiger partial charge is 0.478 e. The molecule has 1 amide bonds. The van der Waals surface area contributed by atoms with Crippen LogP contribution >= 0.6 is 0 Å². The Bertz CT molecular complexity index is 922. The lowest BCUT2D eigenvalue weighted by Crippen LogP contribution is -2.31. The number of hydrogen-bond acceptors (Lipinski definition) is 4. The van der Waals surface area contributed by atoms with Crippen molar-refractivity contribution in [1.29, 1.82) is 5.26 Å². The summed E-state index contributed by atoms with van der Waals surface area (Å²) in [5.74, 6) is -1.59. The fourth-order valence-corrected chi connectivity index (χ4v) is 2.33. The summed E-state index contributed by atoms with van der Waals surface area (Å²) in [5, 5.41) is 20.5. The highest BCUT2D eigenvalue weighted by Gasteiger charge is 2.13. The predicted molar refractivity (Wildman–Crippen MR) is 86.9 cm³/mol. The summed E-state index contributed by atoms with van der Waals surface area (Å²) in [6, 6.07) is 9.30. The highest BCUT2D eigenvalue weighted by molar-refractivity contribution is 5.93. The first-order chi connectivity index (χ1) is 11.3. The average molecular weight is 325 g/mol. The number of pyridine rings is 1. The van der Waals surface area contributed by atoms with E-state index in [1.165, 1.54) is 22.8 Å². The van der Waals surface area contributed by atoms with Crippen LogP contribution in [-0.2, 0) is 11.3 Å². The first-order valence-electron chi connectivity index (χ1n) is 7.08. The van der Waals surface area contributed by atoms with Crippen molar-refractivity contribution < 1.29 is 14.7 Å². The van der Waals surface area contributed by atoms with Crippen LogP contribution in [0, 0.1) is 25.2 Å². The first kappa shape index (κ1) is 17.0. The van der Waals surface area contributed by atoms with Crippen LogP contribution in [0.25, 0.3) is 0 Å². The third kappa shape index (κ3) is 3.50. The Balaban J connectivity index is 2.25. The number of nitrogens with zero attached hydrogens (tertiary/aromatic N) is 2. The number of hydrogen-bond donors (Lipinski definition) is 2. The van der Waals surface area contributed by atoms with E-state index in [9.17, 15) is 14.4 Å². The molecule has 0 saturated heterocycles. The standard InChI is InChI=1S/C17H15N3O4/c1-10-6-11(2)20(16(22)14(10)8-18)9-15(21)19-13-5-3-4-12(7-13)17(23)24/h3-7H,9H2,1-2H3,(H,19,21)(H,23,24). The smallest absolute Gasteiger partial charge is 0.335 e. The SMILES string of the molecule is Cc1cc(C)n(CC(=O)Nc2cccc(C(=O)O)c2)c(=O)c1C#N. The third-order valence-corrected chi connectivity index (χ3v) is 3.51. The molecule has 0 fully saturated rings. The summed E-state index contributed by atoms with van der Waals surface area (Å²) in [4.78, 5) is 35.3. The zero-order valence-corrected chi connectivity index (χ0v) is 13.2. The van der Waals surface area contributed by atoms with Crippen molar-refractivity contribution in [2.45, 2.75) is 20.4 Å². The summed E-state index contributed by atoms with van der Waals surface area (Å²) >= 11 is 0. The Labute approximate surface area is 137 Å². The van der Waals surface area contributed by atoms with Crippen molar-refractivity contribution in [2.75, 3.05) is 5.32 Å². The maximum absolute atomic E-state index is 12.3. The number of anilines is 1. The summed E-state index contributed by atoms with van der Waals surface area (Å²) < 4.78 is 1.21. The normalized spacial score (nSPS) is 10.0. The molecule has 24 heavy (non-hydrogen) atoms. The van der Waals surface area contributed by atoms with Gasteiger partial charge in [-0.25, -0.2) is 4.79 Å². The number of aryl methyl sites for hydroxylation is 2. The fourth-order valence-electron chi connectivity index (χ4n) is 2.33. The van der Waals surface area contributed by atoms with E-state index in [2.05, 4.69) is 5.32 Å². The Morgan fingerprint density at radius 1 is 1.29 bits per heavy atom. The molecule has 0 saturated carbocycles. The van der Waals surface area contributed by atoms with E-state index in [-0.39, 0.29) is 17.7 Å². The van der Waals surface area contributed by atoms with Crippen LogP contribution in [-0.4, -0.2) is 21.6 Å². The average Bonchev–Trinajstić information content (AvgIpc) is 2.52. The molecule has 0 aliphatic carbocycles. The molecule has 7 nitrogen and oxygen atoms in total. The molecule has 1 heterocycles. The van der Waals surface area contributed by atoms with E-state index in [0.717, 1.165) is 0 Å². The molecule has 2 N–H and O–H groups in total. The Morgan fingerprint density at radius 3 is 2.62 bits per heavy atom. The van der Waals surface area contributed by atoms with Gasteiger partial charge >= 0.3 is 5.97 Å². The Hall–Kier alpha value is -3.40. The van der Waals surface area contributed by atoms with Gasteiger partial charge < -0.3 is 15.0 Å². The predicted octanol–water partition coefficient (Wildman–Crippen LogP) is 1.67. The van der Waals surface area contributed by atoms with Crippen LogP contribution in [0.3, 0.4) is 0 Å². The van der Waals surface area contributed by atoms with Gasteiger partial charge in [-0.3, -0.25) is 9.59 Å². The minimum atomic E-state index is -1.10. The van der Waals surface area contributed by atoms with Crippen LogP contribution in [0.2, 0.25) is 0 Å². The maximum Gasteiger partial charge on any atom is 0.335 e. The monoisotopic (exact) mass is 325 g/mol. The summed E-state index contributed by atoms with van der Waals surface area (Å²) in [6.45, 7) is 3.07. The summed E-state index contributed by atoms with van der Waals surface area (Å²) in [7, 11) is 0. The van der Waals surface area contributed by atoms with Gasteiger partial charge in [0, 0.05) is 11.4 Å². The second-order valence-corrected chi connectivity index (χ2v) is 5.28. The van der Waals surface area contributed by atoms with Gasteiger partial charge in [-0.2, -0.15) is 5.26 Å². The Kier molecular flexibility index (Phi) is 4.80. The van der Waals surface area contributed by atoms with Crippen LogP contribution in [0.5, 0.6) is 0 Å². The number of carboxylic acid groups (broad SMARTS) is 1. The number of rotatable bonds is 4. The van der Waals surface area contributed by atoms with Gasteiger partial charge in [0.25, 0.3) is 5.56 Å². The lowest BCUT2D eigenvalue weighted by Gasteiger charge is -2.12. The number of benzene rings is 1. The quantitative estimate of drug-likeness (QED) is 0.888. The van der Waals surface area contributed by atoms with Gasteiger partial charge in [-0.1, -0.05) is 6.07 Å². The zero-order valence-electron chi connectivity index (χ0n) is 13.2. The molecule has 0 unspecified atom stereocenters. The molecule has 2 aromatic rings. The molecule has 0 radical (unpaired) electrons. The lowest BCUT2D eigenvalue weighted by atomic mass is 10.1. The van der Waals surface area contributed by atoms with Gasteiger partial charge in [0.05, 0.1) is 5.56 Å². The van der Waals surface area contributed by atoms with E-state index >= 15 is 0 Å². The van der Waals surface area contributed by atoms with Crippen LogP contribution in [0.1, 0.15) is 27.2 Å². The van der Waals surface area contributed by atoms with E-state index in [0.29, 0.717) is 16.9 Å². The molecule has 122 valence electrons. The topological polar surface area (TPSA) is 112 Å². The van der Waals surface area contributed by atoms with Gasteiger partial charge in [-0.15, -0.1) is 0 Å². The van der Waals surface area contributed by atoms with E-state index < -0.39 is 17.4 Å². The van der Waals surface area contributed by atoms with Crippen LogP contribution in [0.4, 0.5) is 5.69 Å². The molecule has 2 rings (SSSR count). The van der Waals surface area contributed by atoms with Crippen molar-refractivity contribution in [1.82, 2.24) is 4.57 Å². The minimum absolute atomic E-state index is 0.00118. The summed E-state index contributed by atoms with van der Waals surface area (Å²) in [5.41, 5.74) is 0.962. The van der Waals surface area contributed by atoms with Crippen molar-refractivity contribution in [3.8, 4) is 6.07 Å². The van der Waals surface area contributed by atoms with Crippen molar-refractivity contribution in [3.63, 3.8) is 0 Å². The molecule has 7 heteroatoms. The number of nitriles is 1.